The molecule has 3 aromatic rings. The van der Waals surface area contributed by atoms with Crippen LogP contribution < -0.4 is 0 Å². The van der Waals surface area contributed by atoms with Crippen molar-refractivity contribution in [2.45, 2.75) is 4.90 Å². The van der Waals surface area contributed by atoms with E-state index in [1.807, 2.05) is 36.4 Å². The zero-order valence-corrected chi connectivity index (χ0v) is 13.2. The fourth-order valence-electron chi connectivity index (χ4n) is 1.73. The summed E-state index contributed by atoms with van der Waals surface area (Å²) in [5, 5.41) is 1.07. The first-order chi connectivity index (χ1) is 9.18. The Morgan fingerprint density at radius 3 is 2.68 bits per heavy atom. The molecule has 3 rings (SSSR count). The molecule has 0 aliphatic rings. The van der Waals surface area contributed by atoms with Gasteiger partial charge in [-0.05, 0) is 40.8 Å². The third-order valence-corrected chi connectivity index (χ3v) is 5.37. The van der Waals surface area contributed by atoms with Crippen LogP contribution in [0.2, 0.25) is 5.15 Å². The van der Waals surface area contributed by atoms with Gasteiger partial charge in [-0.1, -0.05) is 29.8 Å². The van der Waals surface area contributed by atoms with Gasteiger partial charge in [0, 0.05) is 0 Å². The second kappa shape index (κ2) is 5.28. The van der Waals surface area contributed by atoms with Crippen LogP contribution >= 0.6 is 34.2 Å². The first-order valence-electron chi connectivity index (χ1n) is 5.33. The van der Waals surface area contributed by atoms with Crippen molar-refractivity contribution in [3.63, 3.8) is 0 Å². The number of nitrogens with zero attached hydrogens (tertiary/aromatic N) is 3. The highest BCUT2D eigenvalue weighted by Crippen LogP contribution is 2.28. The van der Waals surface area contributed by atoms with E-state index in [9.17, 15) is 4.55 Å². The lowest BCUT2D eigenvalue weighted by atomic mass is 10.4. The highest BCUT2D eigenvalue weighted by atomic mass is 127. The molecule has 0 aliphatic heterocycles. The molecule has 19 heavy (non-hydrogen) atoms. The third-order valence-electron chi connectivity index (χ3n) is 2.57. The zero-order chi connectivity index (χ0) is 13.4. The van der Waals surface area contributed by atoms with E-state index in [4.69, 9.17) is 11.6 Å². The van der Waals surface area contributed by atoms with Crippen molar-refractivity contribution in [2.75, 3.05) is 0 Å². The Morgan fingerprint density at radius 1 is 1.21 bits per heavy atom. The van der Waals surface area contributed by atoms with Gasteiger partial charge in [-0.2, -0.15) is 0 Å². The highest BCUT2D eigenvalue weighted by molar-refractivity contribution is 14.1. The van der Waals surface area contributed by atoms with Gasteiger partial charge in [0.15, 0.2) is 10.5 Å². The van der Waals surface area contributed by atoms with Gasteiger partial charge >= 0.3 is 0 Å². The third kappa shape index (κ3) is 2.33. The molecule has 0 amide bonds. The number of fused-ring (bicyclic) bond motifs is 1. The van der Waals surface area contributed by atoms with Gasteiger partial charge in [-0.3, -0.25) is 0 Å². The fraction of sp³-hybridized carbons (Fsp3) is 0. The predicted molar refractivity (Wildman–Crippen MR) is 83.5 cm³/mol. The molecule has 0 radical (unpaired) electrons. The summed E-state index contributed by atoms with van der Waals surface area (Å²) in [6.07, 6.45) is 1.37. The van der Waals surface area contributed by atoms with E-state index >= 15 is 0 Å². The molecule has 0 unspecified atom stereocenters. The SMILES string of the molecule is [O-][S@@+](c1ccccc1)n1c(I)cc2c(Cl)ncnc21. The standard InChI is InChI=1S/C12H7ClIN3OS/c13-11-9-6-10(14)17(12(9)16-7-15-11)19(18)8-4-2-1-3-5-8/h1-7H/t19-/m0/s1. The minimum Gasteiger partial charge on any atom is -0.587 e. The summed E-state index contributed by atoms with van der Waals surface area (Å²) >= 11 is 6.79. The average molecular weight is 404 g/mol. The molecule has 1 atom stereocenters. The Labute approximate surface area is 131 Å². The van der Waals surface area contributed by atoms with Crippen molar-refractivity contribution in [2.24, 2.45) is 0 Å². The highest BCUT2D eigenvalue weighted by Gasteiger charge is 2.22. The molecule has 7 heteroatoms. The minimum absolute atomic E-state index is 0.367. The van der Waals surface area contributed by atoms with Gasteiger partial charge in [0.25, 0.3) is 0 Å². The van der Waals surface area contributed by atoms with E-state index in [0.29, 0.717) is 21.1 Å². The average Bonchev–Trinajstić information content (AvgIpc) is 2.77. The maximum atomic E-state index is 12.6. The second-order valence-electron chi connectivity index (χ2n) is 3.73. The van der Waals surface area contributed by atoms with E-state index in [-0.39, 0.29) is 0 Å². The van der Waals surface area contributed by atoms with Crippen molar-refractivity contribution in [1.29, 1.82) is 0 Å². The van der Waals surface area contributed by atoms with Gasteiger partial charge in [0.2, 0.25) is 0 Å². The Bertz CT molecular complexity index is 734. The van der Waals surface area contributed by atoms with Crippen molar-refractivity contribution in [3.05, 3.63) is 51.6 Å². The molecule has 0 N–H and O–H groups in total. The lowest BCUT2D eigenvalue weighted by molar-refractivity contribution is 0.586. The van der Waals surface area contributed by atoms with Gasteiger partial charge in [-0.25, -0.2) is 9.97 Å². The molecule has 0 saturated heterocycles. The zero-order valence-electron chi connectivity index (χ0n) is 9.46. The summed E-state index contributed by atoms with van der Waals surface area (Å²) in [5.74, 6) is 0. The summed E-state index contributed by atoms with van der Waals surface area (Å²) in [6.45, 7) is 0. The number of aromatic nitrogens is 3. The van der Waals surface area contributed by atoms with E-state index in [0.717, 1.165) is 3.70 Å². The van der Waals surface area contributed by atoms with Crippen LogP contribution in [0.3, 0.4) is 0 Å². The lowest BCUT2D eigenvalue weighted by Crippen LogP contribution is -2.14. The molecular formula is C12H7ClIN3OS. The van der Waals surface area contributed by atoms with Crippen LogP contribution in [0.1, 0.15) is 0 Å². The fourth-order valence-corrected chi connectivity index (χ4v) is 4.10. The van der Waals surface area contributed by atoms with Gasteiger partial charge in [0.05, 0.1) is 5.39 Å². The lowest BCUT2D eigenvalue weighted by Gasteiger charge is -2.11. The van der Waals surface area contributed by atoms with Crippen LogP contribution in [0.5, 0.6) is 0 Å². The number of hydrogen-bond acceptors (Lipinski definition) is 3. The van der Waals surface area contributed by atoms with Gasteiger partial charge in [-0.15, -0.1) is 3.97 Å². The molecule has 2 heterocycles. The Morgan fingerprint density at radius 2 is 1.95 bits per heavy atom. The van der Waals surface area contributed by atoms with Crippen LogP contribution in [0.25, 0.3) is 11.0 Å². The first-order valence-corrected chi connectivity index (χ1v) is 7.89. The maximum Gasteiger partial charge on any atom is 0.192 e. The Balaban J connectivity index is 2.20. The molecule has 96 valence electrons. The Hall–Kier alpha value is -0.830. The van der Waals surface area contributed by atoms with Crippen LogP contribution in [-0.2, 0) is 11.4 Å². The topological polar surface area (TPSA) is 53.8 Å². The summed E-state index contributed by atoms with van der Waals surface area (Å²) in [5.41, 5.74) is 0.576. The number of hydrogen-bond donors (Lipinski definition) is 0. The van der Waals surface area contributed by atoms with Gasteiger partial charge < -0.3 is 4.55 Å². The van der Waals surface area contributed by atoms with Crippen LogP contribution in [0.4, 0.5) is 0 Å². The normalized spacial score (nSPS) is 12.8. The smallest absolute Gasteiger partial charge is 0.192 e. The summed E-state index contributed by atoms with van der Waals surface area (Å²) in [7, 11) is 0. The van der Waals surface area contributed by atoms with Gasteiger partial charge in [0.1, 0.15) is 26.5 Å². The number of halogens is 2. The molecule has 0 spiro atoms. The van der Waals surface area contributed by atoms with E-state index < -0.39 is 11.4 Å². The van der Waals surface area contributed by atoms with Crippen LogP contribution in [-0.4, -0.2) is 18.5 Å². The minimum atomic E-state index is -1.35. The molecular weight excluding hydrogens is 397 g/mol. The van der Waals surface area contributed by atoms with E-state index in [2.05, 4.69) is 32.6 Å². The van der Waals surface area contributed by atoms with Crippen molar-refractivity contribution >= 4 is 56.6 Å². The summed E-state index contributed by atoms with van der Waals surface area (Å²) in [6, 6.07) is 11.1. The van der Waals surface area contributed by atoms with Crippen LogP contribution in [0, 0.1) is 3.70 Å². The Kier molecular flexibility index (Phi) is 3.66. The van der Waals surface area contributed by atoms with Crippen molar-refractivity contribution in [1.82, 2.24) is 13.9 Å². The number of rotatable bonds is 2. The first kappa shape index (κ1) is 13.2. The number of benzene rings is 1. The quantitative estimate of drug-likeness (QED) is 0.375. The van der Waals surface area contributed by atoms with E-state index in [1.54, 1.807) is 3.97 Å². The van der Waals surface area contributed by atoms with E-state index in [1.165, 1.54) is 6.33 Å². The molecule has 0 saturated carbocycles. The van der Waals surface area contributed by atoms with Crippen molar-refractivity contribution in [3.8, 4) is 0 Å². The molecule has 1 aromatic carbocycles. The van der Waals surface area contributed by atoms with Crippen molar-refractivity contribution < 1.29 is 4.55 Å². The summed E-state index contributed by atoms with van der Waals surface area (Å²) < 4.78 is 15.1. The summed E-state index contributed by atoms with van der Waals surface area (Å²) in [4.78, 5) is 8.83. The molecule has 0 fully saturated rings. The molecule has 4 nitrogen and oxygen atoms in total. The molecule has 0 aliphatic carbocycles. The second-order valence-corrected chi connectivity index (χ2v) is 6.52. The van der Waals surface area contributed by atoms with Crippen LogP contribution in [0.15, 0.2) is 47.6 Å². The molecule has 0 bridgehead atoms. The maximum absolute atomic E-state index is 12.6. The largest absolute Gasteiger partial charge is 0.587 e. The molecule has 2 aromatic heterocycles. The monoisotopic (exact) mass is 403 g/mol. The predicted octanol–water partition coefficient (Wildman–Crippen LogP) is 3.26.